The molecule has 1 atom stereocenters. The van der Waals surface area contributed by atoms with E-state index < -0.39 is 11.9 Å². The van der Waals surface area contributed by atoms with Crippen molar-refractivity contribution in [2.75, 3.05) is 5.32 Å². The van der Waals surface area contributed by atoms with Gasteiger partial charge in [0.2, 0.25) is 11.8 Å². The summed E-state index contributed by atoms with van der Waals surface area (Å²) in [6, 6.07) is -0.628. The molecule has 100 valence electrons. The van der Waals surface area contributed by atoms with Crippen molar-refractivity contribution in [1.29, 1.82) is 0 Å². The molecular weight excluding hydrogens is 234 g/mol. The van der Waals surface area contributed by atoms with Crippen molar-refractivity contribution in [3.63, 3.8) is 0 Å². The summed E-state index contributed by atoms with van der Waals surface area (Å²) in [6.07, 6.45) is 2.97. The Labute approximate surface area is 106 Å². The first-order valence-electron chi connectivity index (χ1n) is 5.57. The van der Waals surface area contributed by atoms with E-state index in [9.17, 15) is 9.59 Å². The van der Waals surface area contributed by atoms with Crippen molar-refractivity contribution >= 4 is 17.5 Å². The van der Waals surface area contributed by atoms with Gasteiger partial charge in [-0.05, 0) is 5.41 Å². The highest BCUT2D eigenvalue weighted by Crippen LogP contribution is 2.18. The van der Waals surface area contributed by atoms with E-state index in [0.717, 1.165) is 0 Å². The number of nitrogens with two attached hydrogens (primary N) is 2. The second kappa shape index (κ2) is 5.18. The Morgan fingerprint density at radius 1 is 1.50 bits per heavy atom. The van der Waals surface area contributed by atoms with Crippen molar-refractivity contribution in [1.82, 2.24) is 9.78 Å². The summed E-state index contributed by atoms with van der Waals surface area (Å²) in [5.74, 6) is -0.788. The molecule has 0 aromatic carbocycles. The largest absolute Gasteiger partial charge is 0.368 e. The van der Waals surface area contributed by atoms with Crippen LogP contribution in [0.1, 0.15) is 20.8 Å². The molecule has 0 saturated carbocycles. The van der Waals surface area contributed by atoms with E-state index >= 15 is 0 Å². The van der Waals surface area contributed by atoms with Gasteiger partial charge in [0.05, 0.1) is 17.9 Å². The molecule has 0 spiro atoms. The molecular formula is C11H19N5O2. The van der Waals surface area contributed by atoms with Crippen molar-refractivity contribution < 1.29 is 9.59 Å². The molecule has 1 aromatic rings. The zero-order chi connectivity index (χ0) is 13.9. The maximum absolute atomic E-state index is 11.8. The van der Waals surface area contributed by atoms with Crippen molar-refractivity contribution in [2.45, 2.75) is 33.4 Å². The minimum Gasteiger partial charge on any atom is -0.368 e. The lowest BCUT2D eigenvalue weighted by Crippen LogP contribution is -2.45. The van der Waals surface area contributed by atoms with Gasteiger partial charge in [0.15, 0.2) is 0 Å². The van der Waals surface area contributed by atoms with Crippen molar-refractivity contribution in [2.24, 2.45) is 16.9 Å². The van der Waals surface area contributed by atoms with Gasteiger partial charge in [0.25, 0.3) is 0 Å². The van der Waals surface area contributed by atoms with E-state index in [1.807, 2.05) is 20.8 Å². The van der Waals surface area contributed by atoms with E-state index in [-0.39, 0.29) is 17.9 Å². The fourth-order valence-electron chi connectivity index (χ4n) is 1.29. The number of carbonyl (C=O) groups is 2. The number of carbonyl (C=O) groups excluding carboxylic acids is 2. The van der Waals surface area contributed by atoms with Gasteiger partial charge < -0.3 is 16.8 Å². The number of primary amides is 1. The summed E-state index contributed by atoms with van der Waals surface area (Å²) in [4.78, 5) is 22.5. The minimum absolute atomic E-state index is 0.0266. The number of nitrogens with one attached hydrogen (secondary N) is 1. The Morgan fingerprint density at radius 3 is 2.61 bits per heavy atom. The SMILES string of the molecule is CC(C)(C)C(N)C(=O)Nc1cnn(CC(N)=O)c1. The number of hydrogen-bond acceptors (Lipinski definition) is 4. The predicted octanol–water partition coefficient (Wildman–Crippen LogP) is -0.320. The molecule has 0 saturated heterocycles. The molecule has 0 bridgehead atoms. The molecule has 0 fully saturated rings. The maximum atomic E-state index is 11.8. The van der Waals surface area contributed by atoms with Crippen LogP contribution in [0.5, 0.6) is 0 Å². The first kappa shape index (κ1) is 14.2. The second-order valence-corrected chi connectivity index (χ2v) is 5.23. The fourth-order valence-corrected chi connectivity index (χ4v) is 1.29. The highest BCUT2D eigenvalue weighted by molar-refractivity contribution is 5.95. The number of amides is 2. The quantitative estimate of drug-likeness (QED) is 0.681. The van der Waals surface area contributed by atoms with Gasteiger partial charge in [-0.25, -0.2) is 0 Å². The third kappa shape index (κ3) is 3.85. The molecule has 1 heterocycles. The van der Waals surface area contributed by atoms with Gasteiger partial charge in [0.1, 0.15) is 6.54 Å². The number of anilines is 1. The molecule has 18 heavy (non-hydrogen) atoms. The third-order valence-electron chi connectivity index (χ3n) is 2.43. The van der Waals surface area contributed by atoms with Gasteiger partial charge in [-0.15, -0.1) is 0 Å². The first-order valence-corrected chi connectivity index (χ1v) is 5.57. The molecule has 0 aliphatic carbocycles. The van der Waals surface area contributed by atoms with Crippen LogP contribution >= 0.6 is 0 Å². The number of nitrogens with zero attached hydrogens (tertiary/aromatic N) is 2. The van der Waals surface area contributed by atoms with Crippen molar-refractivity contribution in [3.05, 3.63) is 12.4 Å². The highest BCUT2D eigenvalue weighted by atomic mass is 16.2. The van der Waals surface area contributed by atoms with Crippen LogP contribution in [0.25, 0.3) is 0 Å². The third-order valence-corrected chi connectivity index (χ3v) is 2.43. The summed E-state index contributed by atoms with van der Waals surface area (Å²) >= 11 is 0. The summed E-state index contributed by atoms with van der Waals surface area (Å²) in [6.45, 7) is 5.62. The van der Waals surface area contributed by atoms with Crippen LogP contribution in [0, 0.1) is 5.41 Å². The van der Waals surface area contributed by atoms with Crippen LogP contribution in [0.15, 0.2) is 12.4 Å². The zero-order valence-electron chi connectivity index (χ0n) is 10.8. The van der Waals surface area contributed by atoms with E-state index in [1.165, 1.54) is 17.1 Å². The van der Waals surface area contributed by atoms with E-state index in [1.54, 1.807) is 0 Å². The van der Waals surface area contributed by atoms with Gasteiger partial charge in [-0.3, -0.25) is 14.3 Å². The van der Waals surface area contributed by atoms with Gasteiger partial charge >= 0.3 is 0 Å². The molecule has 0 radical (unpaired) electrons. The number of rotatable bonds is 4. The van der Waals surface area contributed by atoms with Crippen LogP contribution in [0.2, 0.25) is 0 Å². The number of hydrogen-bond donors (Lipinski definition) is 3. The summed E-state index contributed by atoms with van der Waals surface area (Å²) in [5, 5.41) is 6.53. The molecule has 1 aromatic heterocycles. The fraction of sp³-hybridized carbons (Fsp3) is 0.545. The van der Waals surface area contributed by atoms with Crippen LogP contribution < -0.4 is 16.8 Å². The molecule has 2 amide bonds. The van der Waals surface area contributed by atoms with Crippen LogP contribution in [0.4, 0.5) is 5.69 Å². The minimum atomic E-state index is -0.628. The molecule has 0 aliphatic heterocycles. The van der Waals surface area contributed by atoms with E-state index in [0.29, 0.717) is 5.69 Å². The summed E-state index contributed by atoms with van der Waals surface area (Å²) in [5.41, 5.74) is 11.0. The first-order chi connectivity index (χ1) is 8.20. The molecule has 7 heteroatoms. The second-order valence-electron chi connectivity index (χ2n) is 5.23. The standard InChI is InChI=1S/C11H19N5O2/c1-11(2,3)9(13)10(18)15-7-4-14-16(5-7)6-8(12)17/h4-5,9H,6,13H2,1-3H3,(H2,12,17)(H,15,18). The average molecular weight is 253 g/mol. The highest BCUT2D eigenvalue weighted by Gasteiger charge is 2.27. The van der Waals surface area contributed by atoms with Crippen LogP contribution in [-0.4, -0.2) is 27.6 Å². The smallest absolute Gasteiger partial charge is 0.241 e. The maximum Gasteiger partial charge on any atom is 0.241 e. The molecule has 7 nitrogen and oxygen atoms in total. The van der Waals surface area contributed by atoms with Crippen LogP contribution in [0.3, 0.4) is 0 Å². The molecule has 1 rings (SSSR count). The lowest BCUT2D eigenvalue weighted by atomic mass is 9.87. The van der Waals surface area contributed by atoms with Crippen molar-refractivity contribution in [3.8, 4) is 0 Å². The Balaban J connectivity index is 2.65. The zero-order valence-corrected chi connectivity index (χ0v) is 10.8. The Bertz CT molecular complexity index is 447. The van der Waals surface area contributed by atoms with E-state index in [4.69, 9.17) is 11.5 Å². The molecule has 1 unspecified atom stereocenters. The monoisotopic (exact) mass is 253 g/mol. The van der Waals surface area contributed by atoms with Gasteiger partial charge in [0, 0.05) is 6.20 Å². The lowest BCUT2D eigenvalue weighted by molar-refractivity contribution is -0.119. The summed E-state index contributed by atoms with van der Waals surface area (Å²) in [7, 11) is 0. The number of aromatic nitrogens is 2. The van der Waals surface area contributed by atoms with Gasteiger partial charge in [-0.1, -0.05) is 20.8 Å². The van der Waals surface area contributed by atoms with Crippen LogP contribution in [-0.2, 0) is 16.1 Å². The van der Waals surface area contributed by atoms with E-state index in [2.05, 4.69) is 10.4 Å². The Kier molecular flexibility index (Phi) is 4.07. The topological polar surface area (TPSA) is 116 Å². The Morgan fingerprint density at radius 2 is 2.11 bits per heavy atom. The molecule has 0 aliphatic rings. The lowest BCUT2D eigenvalue weighted by Gasteiger charge is -2.25. The Hall–Kier alpha value is -1.89. The molecule has 5 N–H and O–H groups in total. The predicted molar refractivity (Wildman–Crippen MR) is 67.5 cm³/mol. The van der Waals surface area contributed by atoms with Gasteiger partial charge in [-0.2, -0.15) is 5.10 Å². The normalized spacial score (nSPS) is 13.1. The summed E-state index contributed by atoms with van der Waals surface area (Å²) < 4.78 is 1.35. The average Bonchev–Trinajstić information content (AvgIpc) is 2.61.